The van der Waals surface area contributed by atoms with Crippen molar-refractivity contribution < 1.29 is 4.74 Å². The molecule has 1 aromatic rings. The van der Waals surface area contributed by atoms with Crippen LogP contribution < -0.4 is 10.5 Å². The molecular formula is C14H21NOS. The van der Waals surface area contributed by atoms with E-state index >= 15 is 0 Å². The van der Waals surface area contributed by atoms with Gasteiger partial charge in [0.2, 0.25) is 0 Å². The number of hydrogen-bond donors (Lipinski definition) is 1. The molecule has 2 N–H and O–H groups in total. The van der Waals surface area contributed by atoms with E-state index in [4.69, 9.17) is 10.5 Å². The molecule has 1 aliphatic carbocycles. The standard InChI is InChI=1S/C14H21NOS/c1-16-14-7-6-13(15)8-12(14)10-17-9-11-4-2-3-5-11/h6-8,11H,2-5,9-10,15H2,1H3. The zero-order valence-electron chi connectivity index (χ0n) is 10.4. The van der Waals surface area contributed by atoms with Gasteiger partial charge in [-0.15, -0.1) is 0 Å². The van der Waals surface area contributed by atoms with Crippen LogP contribution in [0.1, 0.15) is 31.2 Å². The molecule has 0 radical (unpaired) electrons. The second-order valence-electron chi connectivity index (χ2n) is 4.74. The van der Waals surface area contributed by atoms with Gasteiger partial charge in [-0.3, -0.25) is 0 Å². The lowest BCUT2D eigenvalue weighted by atomic mass is 10.1. The molecule has 17 heavy (non-hydrogen) atoms. The highest BCUT2D eigenvalue weighted by Crippen LogP contribution is 2.31. The van der Waals surface area contributed by atoms with Gasteiger partial charge in [-0.05, 0) is 42.7 Å². The molecule has 0 heterocycles. The lowest BCUT2D eigenvalue weighted by Crippen LogP contribution is -1.98. The number of hydrogen-bond acceptors (Lipinski definition) is 3. The van der Waals surface area contributed by atoms with Gasteiger partial charge in [-0.1, -0.05) is 12.8 Å². The van der Waals surface area contributed by atoms with Crippen LogP contribution in [0.2, 0.25) is 0 Å². The lowest BCUT2D eigenvalue weighted by Gasteiger charge is -2.11. The number of benzene rings is 1. The molecule has 2 nitrogen and oxygen atoms in total. The third kappa shape index (κ3) is 3.56. The second kappa shape index (κ2) is 6.20. The van der Waals surface area contributed by atoms with Gasteiger partial charge in [0, 0.05) is 17.0 Å². The van der Waals surface area contributed by atoms with E-state index in [-0.39, 0.29) is 0 Å². The monoisotopic (exact) mass is 251 g/mol. The number of ether oxygens (including phenoxy) is 1. The van der Waals surface area contributed by atoms with Crippen molar-refractivity contribution in [2.24, 2.45) is 5.92 Å². The fraction of sp³-hybridized carbons (Fsp3) is 0.571. The summed E-state index contributed by atoms with van der Waals surface area (Å²) in [5.41, 5.74) is 7.85. The van der Waals surface area contributed by atoms with Crippen molar-refractivity contribution in [3.05, 3.63) is 23.8 Å². The molecule has 3 heteroatoms. The van der Waals surface area contributed by atoms with Crippen molar-refractivity contribution in [1.29, 1.82) is 0 Å². The molecule has 0 aromatic heterocycles. The summed E-state index contributed by atoms with van der Waals surface area (Å²) in [6.07, 6.45) is 5.68. The topological polar surface area (TPSA) is 35.2 Å². The molecule has 0 bridgehead atoms. The van der Waals surface area contributed by atoms with E-state index in [1.165, 1.54) is 37.0 Å². The van der Waals surface area contributed by atoms with Gasteiger partial charge in [0.15, 0.2) is 0 Å². The Balaban J connectivity index is 1.86. The summed E-state index contributed by atoms with van der Waals surface area (Å²) in [6, 6.07) is 5.88. The molecular weight excluding hydrogens is 230 g/mol. The van der Waals surface area contributed by atoms with Crippen LogP contribution in [0.3, 0.4) is 0 Å². The number of anilines is 1. The lowest BCUT2D eigenvalue weighted by molar-refractivity contribution is 0.411. The zero-order valence-corrected chi connectivity index (χ0v) is 11.3. The highest BCUT2D eigenvalue weighted by atomic mass is 32.2. The summed E-state index contributed by atoms with van der Waals surface area (Å²) in [5.74, 6) is 4.17. The minimum atomic E-state index is 0.822. The summed E-state index contributed by atoms with van der Waals surface area (Å²) >= 11 is 2.01. The van der Waals surface area contributed by atoms with Gasteiger partial charge < -0.3 is 10.5 Å². The first-order valence-corrected chi connectivity index (χ1v) is 7.45. The van der Waals surface area contributed by atoms with Crippen LogP contribution in [0.25, 0.3) is 0 Å². The maximum atomic E-state index is 5.81. The fourth-order valence-electron chi connectivity index (χ4n) is 2.42. The predicted octanol–water partition coefficient (Wildman–Crippen LogP) is 3.70. The van der Waals surface area contributed by atoms with Crippen LogP contribution in [0, 0.1) is 5.92 Å². The first kappa shape index (κ1) is 12.6. The third-order valence-corrected chi connectivity index (χ3v) is 4.61. The minimum Gasteiger partial charge on any atom is -0.496 e. The number of methoxy groups -OCH3 is 1. The molecule has 2 rings (SSSR count). The molecule has 0 aliphatic heterocycles. The van der Waals surface area contributed by atoms with Crippen LogP contribution >= 0.6 is 11.8 Å². The maximum absolute atomic E-state index is 5.81. The SMILES string of the molecule is COc1ccc(N)cc1CSCC1CCCC1. The second-order valence-corrected chi connectivity index (χ2v) is 5.77. The Hall–Kier alpha value is -0.830. The first-order valence-electron chi connectivity index (χ1n) is 6.29. The van der Waals surface area contributed by atoms with E-state index in [1.54, 1.807) is 7.11 Å². The van der Waals surface area contributed by atoms with E-state index in [2.05, 4.69) is 0 Å². The Morgan fingerprint density at radius 3 is 2.82 bits per heavy atom. The van der Waals surface area contributed by atoms with E-state index in [1.807, 2.05) is 30.0 Å². The molecule has 1 fully saturated rings. The van der Waals surface area contributed by atoms with Crippen molar-refractivity contribution in [3.8, 4) is 5.75 Å². The predicted molar refractivity (Wildman–Crippen MR) is 75.5 cm³/mol. The van der Waals surface area contributed by atoms with Crippen molar-refractivity contribution in [2.75, 3.05) is 18.6 Å². The van der Waals surface area contributed by atoms with Crippen molar-refractivity contribution >= 4 is 17.4 Å². The fourth-order valence-corrected chi connectivity index (χ4v) is 3.65. The highest BCUT2D eigenvalue weighted by molar-refractivity contribution is 7.98. The Bertz CT molecular complexity index is 361. The average Bonchev–Trinajstić information content (AvgIpc) is 2.82. The van der Waals surface area contributed by atoms with Crippen LogP contribution in [-0.4, -0.2) is 12.9 Å². The average molecular weight is 251 g/mol. The first-order chi connectivity index (χ1) is 8.29. The Morgan fingerprint density at radius 2 is 2.12 bits per heavy atom. The normalized spacial score (nSPS) is 16.3. The van der Waals surface area contributed by atoms with Gasteiger partial charge in [0.1, 0.15) is 5.75 Å². The maximum Gasteiger partial charge on any atom is 0.123 e. The smallest absolute Gasteiger partial charge is 0.123 e. The Morgan fingerprint density at radius 1 is 1.35 bits per heavy atom. The molecule has 0 unspecified atom stereocenters. The molecule has 0 amide bonds. The van der Waals surface area contributed by atoms with E-state index in [9.17, 15) is 0 Å². The van der Waals surface area contributed by atoms with Gasteiger partial charge in [0.05, 0.1) is 7.11 Å². The Labute approximate surface area is 108 Å². The van der Waals surface area contributed by atoms with Crippen molar-refractivity contribution in [3.63, 3.8) is 0 Å². The van der Waals surface area contributed by atoms with Crippen LogP contribution in [0.5, 0.6) is 5.75 Å². The minimum absolute atomic E-state index is 0.822. The summed E-state index contributed by atoms with van der Waals surface area (Å²) in [6.45, 7) is 0. The van der Waals surface area contributed by atoms with E-state index < -0.39 is 0 Å². The summed E-state index contributed by atoms with van der Waals surface area (Å²) in [4.78, 5) is 0. The molecule has 1 saturated carbocycles. The van der Waals surface area contributed by atoms with Gasteiger partial charge in [0.25, 0.3) is 0 Å². The molecule has 94 valence electrons. The van der Waals surface area contributed by atoms with Gasteiger partial charge in [-0.2, -0.15) is 11.8 Å². The highest BCUT2D eigenvalue weighted by Gasteiger charge is 2.15. The quantitative estimate of drug-likeness (QED) is 0.810. The summed E-state index contributed by atoms with van der Waals surface area (Å²) < 4.78 is 5.35. The molecule has 0 spiro atoms. The van der Waals surface area contributed by atoms with Crippen LogP contribution in [0.15, 0.2) is 18.2 Å². The molecule has 1 aliphatic rings. The molecule has 1 aromatic carbocycles. The zero-order chi connectivity index (χ0) is 12.1. The molecule has 0 saturated heterocycles. The van der Waals surface area contributed by atoms with Gasteiger partial charge >= 0.3 is 0 Å². The number of rotatable bonds is 5. The van der Waals surface area contributed by atoms with E-state index in [0.29, 0.717) is 0 Å². The van der Waals surface area contributed by atoms with Crippen LogP contribution in [0.4, 0.5) is 5.69 Å². The molecule has 0 atom stereocenters. The van der Waals surface area contributed by atoms with Gasteiger partial charge in [-0.25, -0.2) is 0 Å². The number of nitrogen functional groups attached to an aromatic ring is 1. The van der Waals surface area contributed by atoms with Crippen LogP contribution in [-0.2, 0) is 5.75 Å². The Kier molecular flexibility index (Phi) is 4.60. The van der Waals surface area contributed by atoms with Crippen molar-refractivity contribution in [2.45, 2.75) is 31.4 Å². The van der Waals surface area contributed by atoms with E-state index in [0.717, 1.165) is 23.1 Å². The third-order valence-electron chi connectivity index (χ3n) is 3.39. The van der Waals surface area contributed by atoms with Crippen molar-refractivity contribution in [1.82, 2.24) is 0 Å². The number of thioether (sulfide) groups is 1. The number of nitrogens with two attached hydrogens (primary N) is 1. The largest absolute Gasteiger partial charge is 0.496 e. The summed E-state index contributed by atoms with van der Waals surface area (Å²) in [5, 5.41) is 0. The summed E-state index contributed by atoms with van der Waals surface area (Å²) in [7, 11) is 1.72.